The minimum atomic E-state index is -0.361. The molecular weight excluding hydrogens is 292 g/mol. The molecule has 0 aliphatic carbocycles. The normalized spacial score (nSPS) is 11.1. The Morgan fingerprint density at radius 3 is 1.52 bits per heavy atom. The summed E-state index contributed by atoms with van der Waals surface area (Å²) in [6.45, 7) is 0. The summed E-state index contributed by atoms with van der Waals surface area (Å²) in [7, 11) is 0. The molecule has 2 aromatic rings. The second-order valence-electron chi connectivity index (χ2n) is 4.89. The molecule has 0 bridgehead atoms. The molecule has 0 atom stereocenters. The van der Waals surface area contributed by atoms with E-state index in [0.29, 0.717) is 11.1 Å². The number of carbonyl (C=O) groups excluding carboxylic acids is 2. The highest BCUT2D eigenvalue weighted by atomic mass is 16.3. The molecule has 4 nitrogen and oxygen atoms in total. The maximum Gasteiger partial charge on any atom is 0.163 e. The van der Waals surface area contributed by atoms with Crippen LogP contribution in [0.3, 0.4) is 0 Å². The molecule has 0 fully saturated rings. The van der Waals surface area contributed by atoms with E-state index < -0.39 is 0 Å². The number of phenols is 2. The molecule has 0 aliphatic heterocycles. The Morgan fingerprint density at radius 1 is 0.739 bits per heavy atom. The van der Waals surface area contributed by atoms with Crippen LogP contribution in [0.2, 0.25) is 0 Å². The highest BCUT2D eigenvalue weighted by Crippen LogP contribution is 2.18. The number of ketones is 2. The molecule has 0 unspecified atom stereocenters. The Hall–Kier alpha value is -3.14. The van der Waals surface area contributed by atoms with E-state index in [4.69, 9.17) is 0 Å². The first-order valence-electron chi connectivity index (χ1n) is 7.04. The molecule has 2 aromatic carbocycles. The van der Waals surface area contributed by atoms with Crippen molar-refractivity contribution in [2.45, 2.75) is 6.42 Å². The molecule has 4 heteroatoms. The molecule has 23 heavy (non-hydrogen) atoms. The summed E-state index contributed by atoms with van der Waals surface area (Å²) in [5.74, 6) is -0.579. The third-order valence-electron chi connectivity index (χ3n) is 3.12. The van der Waals surface area contributed by atoms with Crippen LogP contribution in [-0.4, -0.2) is 21.8 Å². The van der Waals surface area contributed by atoms with Crippen molar-refractivity contribution in [2.24, 2.45) is 0 Å². The second-order valence-corrected chi connectivity index (χ2v) is 4.89. The van der Waals surface area contributed by atoms with Gasteiger partial charge >= 0.3 is 0 Å². The first-order valence-corrected chi connectivity index (χ1v) is 7.04. The Balaban J connectivity index is 1.94. The van der Waals surface area contributed by atoms with Gasteiger partial charge < -0.3 is 10.2 Å². The van der Waals surface area contributed by atoms with Crippen LogP contribution in [0.1, 0.15) is 17.5 Å². The molecule has 2 N–H and O–H groups in total. The number of hydrogen-bond acceptors (Lipinski definition) is 4. The maximum atomic E-state index is 11.7. The second kappa shape index (κ2) is 7.75. The summed E-state index contributed by atoms with van der Waals surface area (Å²) in [6.07, 6.45) is 5.20. The Kier molecular flexibility index (Phi) is 5.47. The molecular formula is C19H16O4. The van der Waals surface area contributed by atoms with Crippen molar-refractivity contribution >= 4 is 23.7 Å². The molecule has 0 spiro atoms. The fourth-order valence-electron chi connectivity index (χ4n) is 1.91. The van der Waals surface area contributed by atoms with Crippen molar-refractivity contribution in [2.75, 3.05) is 0 Å². The molecule has 0 radical (unpaired) electrons. The fourth-order valence-corrected chi connectivity index (χ4v) is 1.91. The van der Waals surface area contributed by atoms with Gasteiger partial charge in [0.05, 0.1) is 6.42 Å². The molecule has 0 saturated carbocycles. The minimum absolute atomic E-state index is 0.0716. The zero-order valence-electron chi connectivity index (χ0n) is 12.3. The average Bonchev–Trinajstić information content (AvgIpc) is 2.53. The van der Waals surface area contributed by atoms with Crippen LogP contribution in [0.5, 0.6) is 11.5 Å². The van der Waals surface area contributed by atoms with Gasteiger partial charge in [-0.05, 0) is 36.4 Å². The summed E-state index contributed by atoms with van der Waals surface area (Å²) >= 11 is 0. The summed E-state index contributed by atoms with van der Waals surface area (Å²) in [4.78, 5) is 23.5. The van der Waals surface area contributed by atoms with Gasteiger partial charge in [0.2, 0.25) is 0 Å². The van der Waals surface area contributed by atoms with E-state index in [9.17, 15) is 19.8 Å². The number of carbonyl (C=O) groups is 2. The van der Waals surface area contributed by atoms with E-state index >= 15 is 0 Å². The van der Waals surface area contributed by atoms with Crippen LogP contribution in [-0.2, 0) is 9.59 Å². The predicted octanol–water partition coefficient (Wildman–Crippen LogP) is 3.35. The number of benzene rings is 2. The lowest BCUT2D eigenvalue weighted by Crippen LogP contribution is -2.01. The number of phenolic OH excluding ortho intramolecular Hbond substituents is 2. The molecule has 0 heterocycles. The van der Waals surface area contributed by atoms with Gasteiger partial charge in [-0.15, -0.1) is 0 Å². The van der Waals surface area contributed by atoms with Crippen LogP contribution >= 0.6 is 0 Å². The highest BCUT2D eigenvalue weighted by molar-refractivity contribution is 6.11. The van der Waals surface area contributed by atoms with E-state index in [1.54, 1.807) is 36.4 Å². The third kappa shape index (κ3) is 4.97. The van der Waals surface area contributed by atoms with Crippen LogP contribution in [0, 0.1) is 0 Å². The maximum absolute atomic E-state index is 11.7. The van der Waals surface area contributed by atoms with Gasteiger partial charge in [-0.1, -0.05) is 36.4 Å². The van der Waals surface area contributed by atoms with Crippen molar-refractivity contribution < 1.29 is 19.8 Å². The zero-order chi connectivity index (χ0) is 16.7. The number of aromatic hydroxyl groups is 2. The largest absolute Gasteiger partial charge is 0.507 e. The minimum Gasteiger partial charge on any atom is -0.507 e. The first kappa shape index (κ1) is 16.2. The molecule has 0 amide bonds. The van der Waals surface area contributed by atoms with Crippen molar-refractivity contribution in [3.8, 4) is 11.5 Å². The predicted molar refractivity (Wildman–Crippen MR) is 88.9 cm³/mol. The van der Waals surface area contributed by atoms with E-state index in [2.05, 4.69) is 0 Å². The van der Waals surface area contributed by atoms with Gasteiger partial charge in [0, 0.05) is 11.1 Å². The zero-order valence-corrected chi connectivity index (χ0v) is 12.3. The van der Waals surface area contributed by atoms with Gasteiger partial charge in [-0.3, -0.25) is 9.59 Å². The van der Waals surface area contributed by atoms with Crippen LogP contribution in [0.4, 0.5) is 0 Å². The Morgan fingerprint density at radius 2 is 1.13 bits per heavy atom. The van der Waals surface area contributed by atoms with Gasteiger partial charge in [-0.2, -0.15) is 0 Å². The highest BCUT2D eigenvalue weighted by Gasteiger charge is 2.05. The fraction of sp³-hybridized carbons (Fsp3) is 0.0526. The van der Waals surface area contributed by atoms with E-state index in [0.717, 1.165) is 0 Å². The number of hydrogen-bond donors (Lipinski definition) is 2. The van der Waals surface area contributed by atoms with Crippen molar-refractivity contribution in [1.82, 2.24) is 0 Å². The molecule has 0 aliphatic rings. The summed E-state index contributed by atoms with van der Waals surface area (Å²) in [5.41, 5.74) is 1.02. The standard InChI is InChI=1S/C19H16O4/c20-16(11-9-14-5-1-3-7-18(14)22)13-17(21)12-10-15-6-2-4-8-19(15)23/h1-12,22-23H,13H2/b11-9+,12-10+. The SMILES string of the molecule is O=C(/C=C/c1ccccc1O)CC(=O)/C=C/c1ccccc1O. The summed E-state index contributed by atoms with van der Waals surface area (Å²) < 4.78 is 0. The Bertz CT molecular complexity index is 707. The van der Waals surface area contributed by atoms with Crippen molar-refractivity contribution in [1.29, 1.82) is 0 Å². The van der Waals surface area contributed by atoms with Crippen LogP contribution < -0.4 is 0 Å². The monoisotopic (exact) mass is 308 g/mol. The lowest BCUT2D eigenvalue weighted by atomic mass is 10.1. The summed E-state index contributed by atoms with van der Waals surface area (Å²) in [5, 5.41) is 19.2. The Labute approximate surface area is 134 Å². The van der Waals surface area contributed by atoms with Gasteiger partial charge in [0.25, 0.3) is 0 Å². The van der Waals surface area contributed by atoms with Crippen LogP contribution in [0.25, 0.3) is 12.2 Å². The van der Waals surface area contributed by atoms with Gasteiger partial charge in [-0.25, -0.2) is 0 Å². The summed E-state index contributed by atoms with van der Waals surface area (Å²) in [6, 6.07) is 13.2. The van der Waals surface area contributed by atoms with E-state index in [-0.39, 0.29) is 29.5 Å². The van der Waals surface area contributed by atoms with E-state index in [1.807, 2.05) is 0 Å². The molecule has 116 valence electrons. The lowest BCUT2D eigenvalue weighted by Gasteiger charge is -1.97. The number of para-hydroxylation sites is 2. The number of allylic oxidation sites excluding steroid dienone is 2. The quantitative estimate of drug-likeness (QED) is 0.634. The molecule has 2 rings (SSSR count). The third-order valence-corrected chi connectivity index (χ3v) is 3.12. The molecule has 0 aromatic heterocycles. The van der Waals surface area contributed by atoms with Crippen LogP contribution in [0.15, 0.2) is 60.7 Å². The molecule has 0 saturated heterocycles. The smallest absolute Gasteiger partial charge is 0.163 e. The van der Waals surface area contributed by atoms with Crippen molar-refractivity contribution in [3.63, 3.8) is 0 Å². The van der Waals surface area contributed by atoms with Gasteiger partial charge in [0.1, 0.15) is 11.5 Å². The van der Waals surface area contributed by atoms with E-state index in [1.165, 1.54) is 36.4 Å². The van der Waals surface area contributed by atoms with Crippen molar-refractivity contribution in [3.05, 3.63) is 71.8 Å². The van der Waals surface area contributed by atoms with Gasteiger partial charge in [0.15, 0.2) is 11.6 Å². The number of rotatable bonds is 6. The first-order chi connectivity index (χ1) is 11.1. The average molecular weight is 308 g/mol. The topological polar surface area (TPSA) is 74.6 Å². The lowest BCUT2D eigenvalue weighted by molar-refractivity contribution is -0.121.